The van der Waals surface area contributed by atoms with Crippen LogP contribution < -0.4 is 4.74 Å². The molecule has 3 aromatic rings. The van der Waals surface area contributed by atoms with Crippen LogP contribution in [0.4, 0.5) is 26.3 Å². The predicted octanol–water partition coefficient (Wildman–Crippen LogP) is 7.76. The van der Waals surface area contributed by atoms with Crippen LogP contribution in [0.3, 0.4) is 0 Å². The van der Waals surface area contributed by atoms with E-state index in [1.807, 2.05) is 13.1 Å². The van der Waals surface area contributed by atoms with Crippen molar-refractivity contribution < 1.29 is 31.1 Å². The average molecular weight is 578 g/mol. The quantitative estimate of drug-likeness (QED) is 0.200. The summed E-state index contributed by atoms with van der Waals surface area (Å²) in [6.07, 6.45) is -5.28. The number of nitrogens with zero attached hydrogens (tertiary/aromatic N) is 5. The number of hydrogen-bond acceptors (Lipinski definition) is 4. The number of hydrogen-bond donors (Lipinski definition) is 0. The van der Waals surface area contributed by atoms with Gasteiger partial charge < -0.3 is 9.30 Å². The zero-order chi connectivity index (χ0) is 29.0. The molecule has 5 rings (SSSR count). The highest BCUT2D eigenvalue weighted by Gasteiger charge is 2.37. The largest absolute Gasteiger partial charge is 0.495 e. The van der Waals surface area contributed by atoms with Gasteiger partial charge in [0.2, 0.25) is 0 Å². The molecular weight excluding hydrogens is 560 g/mol. The third kappa shape index (κ3) is 5.02. The van der Waals surface area contributed by atoms with E-state index in [-0.39, 0.29) is 22.6 Å². The summed E-state index contributed by atoms with van der Waals surface area (Å²) < 4.78 is 89.2. The summed E-state index contributed by atoms with van der Waals surface area (Å²) in [6.45, 7) is 5.61. The Balaban J connectivity index is 1.59. The van der Waals surface area contributed by atoms with Crippen LogP contribution in [-0.2, 0) is 12.4 Å². The first-order valence-corrected chi connectivity index (χ1v) is 11.9. The first kappa shape index (κ1) is 27.3. The first-order valence-electron chi connectivity index (χ1n) is 11.5. The number of imidazole rings is 1. The minimum absolute atomic E-state index is 0.0532. The zero-order valence-corrected chi connectivity index (χ0v) is 21.5. The van der Waals surface area contributed by atoms with Crippen LogP contribution in [0.1, 0.15) is 22.4 Å². The maximum absolute atomic E-state index is 13.4. The molecule has 0 N–H and O–H groups in total. The van der Waals surface area contributed by atoms with E-state index in [2.05, 4.69) is 21.8 Å². The van der Waals surface area contributed by atoms with Crippen LogP contribution in [0, 0.1) is 6.92 Å². The van der Waals surface area contributed by atoms with E-state index < -0.39 is 29.0 Å². The molecule has 2 aromatic carbocycles. The maximum Gasteiger partial charge on any atom is 0.416 e. The van der Waals surface area contributed by atoms with Crippen LogP contribution in [0.2, 0.25) is 5.02 Å². The van der Waals surface area contributed by atoms with Crippen LogP contribution in [0.5, 0.6) is 5.75 Å². The van der Waals surface area contributed by atoms with Gasteiger partial charge in [-0.25, -0.2) is 4.98 Å². The Labute approximate surface area is 228 Å². The second-order valence-electron chi connectivity index (χ2n) is 8.86. The van der Waals surface area contributed by atoms with Gasteiger partial charge in [-0.15, -0.1) is 10.2 Å². The monoisotopic (exact) mass is 577 g/mol. The van der Waals surface area contributed by atoms with Crippen molar-refractivity contribution >= 4 is 17.3 Å². The van der Waals surface area contributed by atoms with Gasteiger partial charge in [0.15, 0.2) is 5.82 Å². The smallest absolute Gasteiger partial charge is 0.416 e. The Bertz CT molecular complexity index is 1690. The molecule has 13 heteroatoms. The number of methoxy groups -OCH3 is 1. The number of fused-ring (bicyclic) bond motifs is 1. The minimum Gasteiger partial charge on any atom is -0.495 e. The van der Waals surface area contributed by atoms with Crippen LogP contribution >= 0.6 is 11.6 Å². The van der Waals surface area contributed by atoms with Gasteiger partial charge in [0.1, 0.15) is 11.4 Å². The number of alkyl halides is 6. The molecule has 2 aliphatic heterocycles. The van der Waals surface area contributed by atoms with Gasteiger partial charge in [0.05, 0.1) is 41.0 Å². The zero-order valence-electron chi connectivity index (χ0n) is 20.8. The van der Waals surface area contributed by atoms with Crippen molar-refractivity contribution in [3.63, 3.8) is 0 Å². The Morgan fingerprint density at radius 2 is 1.60 bits per heavy atom. The molecule has 6 nitrogen and oxygen atoms in total. The van der Waals surface area contributed by atoms with Gasteiger partial charge in [0.25, 0.3) is 0 Å². The number of halogens is 7. The number of ether oxygens (including phenoxy) is 1. The molecule has 0 bridgehead atoms. The molecule has 0 saturated heterocycles. The first-order chi connectivity index (χ1) is 18.8. The van der Waals surface area contributed by atoms with Crippen molar-refractivity contribution in [2.45, 2.75) is 19.3 Å². The van der Waals surface area contributed by atoms with Gasteiger partial charge in [0, 0.05) is 29.2 Å². The number of aromatic nitrogens is 5. The molecule has 0 aliphatic carbocycles. The Morgan fingerprint density at radius 3 is 2.17 bits per heavy atom. The third-order valence-electron chi connectivity index (χ3n) is 6.16. The summed E-state index contributed by atoms with van der Waals surface area (Å²) in [5.41, 5.74) is -0.697. The molecule has 0 fully saturated rings. The molecule has 0 saturated carbocycles. The van der Waals surface area contributed by atoms with Crippen molar-refractivity contribution in [2.75, 3.05) is 7.11 Å². The summed E-state index contributed by atoms with van der Waals surface area (Å²) in [6, 6.07) is 8.05. The van der Waals surface area contributed by atoms with E-state index in [0.29, 0.717) is 40.4 Å². The third-order valence-corrected chi connectivity index (χ3v) is 6.36. The van der Waals surface area contributed by atoms with Crippen LogP contribution in [0.25, 0.3) is 34.0 Å². The molecule has 40 heavy (non-hydrogen) atoms. The second kappa shape index (κ2) is 9.70. The van der Waals surface area contributed by atoms with Gasteiger partial charge in [-0.1, -0.05) is 24.2 Å². The van der Waals surface area contributed by atoms with Crippen molar-refractivity contribution in [2.24, 2.45) is 0 Å². The van der Waals surface area contributed by atoms with Gasteiger partial charge in [-0.2, -0.15) is 26.3 Å². The average Bonchev–Trinajstić information content (AvgIpc) is 3.52. The second-order valence-corrected chi connectivity index (χ2v) is 9.30. The van der Waals surface area contributed by atoms with Crippen LogP contribution in [-0.4, -0.2) is 31.4 Å². The molecule has 0 unspecified atom stereocenters. The van der Waals surface area contributed by atoms with E-state index in [1.54, 1.807) is 35.2 Å². The highest BCUT2D eigenvalue weighted by molar-refractivity contribution is 6.31. The van der Waals surface area contributed by atoms with E-state index in [0.717, 1.165) is 5.69 Å². The van der Waals surface area contributed by atoms with Crippen molar-refractivity contribution in [1.82, 2.24) is 24.3 Å². The normalized spacial score (nSPS) is 12.2. The highest BCUT2D eigenvalue weighted by Crippen LogP contribution is 2.40. The lowest BCUT2D eigenvalue weighted by atomic mass is 10.0. The fourth-order valence-electron chi connectivity index (χ4n) is 4.25. The van der Waals surface area contributed by atoms with Crippen molar-refractivity contribution in [3.05, 3.63) is 95.2 Å². The highest BCUT2D eigenvalue weighted by atomic mass is 35.5. The Morgan fingerprint density at radius 1 is 0.925 bits per heavy atom. The lowest BCUT2D eigenvalue weighted by Gasteiger charge is -2.18. The lowest BCUT2D eigenvalue weighted by Crippen LogP contribution is -2.13. The summed E-state index contributed by atoms with van der Waals surface area (Å²) in [5.74, 6) is 0.623. The molecule has 206 valence electrons. The molecular formula is C27H18ClF6N5O. The standard InChI is InChI=1S/C27H18ClF6N5O/c1-14-11-38(13-35-14)22-5-4-16(8-23(22)40-3)24-21-10-20(28)12-39(25(21)37-36-24)15(2)17-6-18(26(29,30)31)9-19(7-17)27(32,33)34/h4-13H,2H2,1,3H3. The van der Waals surface area contributed by atoms with Gasteiger partial charge >= 0.3 is 12.4 Å². The van der Waals surface area contributed by atoms with Crippen molar-refractivity contribution in [1.29, 1.82) is 0 Å². The van der Waals surface area contributed by atoms with Crippen LogP contribution in [0.15, 0.2) is 67.8 Å². The molecule has 1 aromatic heterocycles. The number of aryl methyl sites for hydroxylation is 1. The molecule has 0 radical (unpaired) electrons. The minimum atomic E-state index is -5.02. The van der Waals surface area contributed by atoms with Gasteiger partial charge in [-0.3, -0.25) is 4.57 Å². The molecule has 0 spiro atoms. The Hall–Kier alpha value is -4.32. The van der Waals surface area contributed by atoms with E-state index in [1.165, 1.54) is 17.9 Å². The fraction of sp³-hybridized carbons (Fsp3) is 0.148. The summed E-state index contributed by atoms with van der Waals surface area (Å²) in [4.78, 5) is 4.21. The van der Waals surface area contributed by atoms with E-state index >= 15 is 0 Å². The SMILES string of the molecule is C=C(c1cc(C(F)(F)F)cc(C(F)(F)F)c1)n1cc(Cl)cc2c(-c3ccc(-n4cnc(C)c4)c(OC)c3)nnc1-2. The topological polar surface area (TPSA) is 57.8 Å². The summed E-state index contributed by atoms with van der Waals surface area (Å²) in [5, 5.41) is 8.52. The predicted molar refractivity (Wildman–Crippen MR) is 136 cm³/mol. The molecule has 2 aliphatic rings. The summed E-state index contributed by atoms with van der Waals surface area (Å²) >= 11 is 6.33. The molecule has 0 atom stereocenters. The van der Waals surface area contributed by atoms with E-state index in [9.17, 15) is 26.3 Å². The molecule has 3 heterocycles. The number of benzene rings is 2. The summed E-state index contributed by atoms with van der Waals surface area (Å²) in [7, 11) is 1.50. The van der Waals surface area contributed by atoms with Gasteiger partial charge in [-0.05, 0) is 48.9 Å². The number of pyridine rings is 1. The van der Waals surface area contributed by atoms with E-state index in [4.69, 9.17) is 16.3 Å². The maximum atomic E-state index is 13.4. The lowest BCUT2D eigenvalue weighted by molar-refractivity contribution is -0.143. The fourth-order valence-corrected chi connectivity index (χ4v) is 4.46. The van der Waals surface area contributed by atoms with Crippen molar-refractivity contribution in [3.8, 4) is 34.1 Å². The molecule has 0 amide bonds. The Kier molecular flexibility index (Phi) is 6.61. The number of rotatable bonds is 5.